The van der Waals surface area contributed by atoms with Crippen molar-refractivity contribution in [2.75, 3.05) is 19.8 Å². The maximum atomic E-state index is 13.6. The van der Waals surface area contributed by atoms with E-state index in [1.807, 2.05) is 0 Å². The minimum absolute atomic E-state index is 0.186. The van der Waals surface area contributed by atoms with Crippen molar-refractivity contribution in [3.8, 4) is 0 Å². The van der Waals surface area contributed by atoms with E-state index in [4.69, 9.17) is 5.11 Å². The monoisotopic (exact) mass is 634 g/mol. The van der Waals surface area contributed by atoms with Crippen molar-refractivity contribution < 1.29 is 102 Å². The van der Waals surface area contributed by atoms with Crippen LogP contribution < -0.4 is 0 Å². The van der Waals surface area contributed by atoms with Crippen molar-refractivity contribution in [3.05, 3.63) is 0 Å². The van der Waals surface area contributed by atoms with E-state index in [-0.39, 0.29) is 13.0 Å². The van der Waals surface area contributed by atoms with Crippen LogP contribution in [0.25, 0.3) is 0 Å². The molecule has 0 amide bonds. The number of hydrogen-bond donors (Lipinski definition) is 1. The number of aliphatic hydroxyl groups is 1. The van der Waals surface area contributed by atoms with Crippen LogP contribution in [0, 0.1) is 0 Å². The molecular weight excluding hydrogens is 620 g/mol. The molecule has 23 heteroatoms. The van der Waals surface area contributed by atoms with E-state index in [1.165, 1.54) is 0 Å². The number of halogens is 20. The highest BCUT2D eigenvalue weighted by Gasteiger charge is 2.97. The Morgan fingerprint density at radius 3 is 1.05 bits per heavy atom. The predicted molar refractivity (Wildman–Crippen MR) is 83.4 cm³/mol. The number of unbranched alkanes of at least 4 members (excludes halogenated alkanes) is 1. The van der Waals surface area contributed by atoms with Crippen LogP contribution in [0.2, 0.25) is 0 Å². The van der Waals surface area contributed by atoms with Gasteiger partial charge in [-0.1, -0.05) is 13.3 Å². The third-order valence-corrected chi connectivity index (χ3v) is 4.66. The fourth-order valence-corrected chi connectivity index (χ4v) is 2.22. The van der Waals surface area contributed by atoms with Crippen molar-refractivity contribution in [3.63, 3.8) is 0 Å². The quantitative estimate of drug-likeness (QED) is 0.146. The molecule has 0 saturated heterocycles. The van der Waals surface area contributed by atoms with Crippen molar-refractivity contribution in [2.45, 2.75) is 79.4 Å². The van der Waals surface area contributed by atoms with Crippen LogP contribution in [-0.2, 0) is 9.47 Å². The molecule has 0 aromatic rings. The molecule has 0 heterocycles. The molecule has 0 fully saturated rings. The first kappa shape index (κ1) is 37.5. The lowest BCUT2D eigenvalue weighted by atomic mass is 9.87. The van der Waals surface area contributed by atoms with E-state index in [2.05, 4.69) is 9.47 Å². The second kappa shape index (κ2) is 10.7. The zero-order valence-electron chi connectivity index (χ0n) is 18.4. The van der Waals surface area contributed by atoms with Gasteiger partial charge in [0.15, 0.2) is 0 Å². The Bertz CT molecular complexity index is 818. The van der Waals surface area contributed by atoms with Gasteiger partial charge in [0, 0.05) is 6.61 Å². The van der Waals surface area contributed by atoms with Crippen LogP contribution in [0.4, 0.5) is 87.8 Å². The van der Waals surface area contributed by atoms with E-state index in [0.29, 0.717) is 6.42 Å². The van der Waals surface area contributed by atoms with Gasteiger partial charge >= 0.3 is 59.6 Å². The van der Waals surface area contributed by atoms with Crippen molar-refractivity contribution in [2.24, 2.45) is 0 Å². The molecule has 0 rings (SSSR count). The molecule has 0 aliphatic heterocycles. The standard InChI is InChI=1S/C16H14F20O3/c1-2-3-4-38-5-6-39-16(35,36)14(31,32)12(27,28)10(23,24)8(19,20)7(17,18)9(21,22)11(25,26)13(29,30)15(33,34)37/h37H,2-6H2,1H3. The number of ether oxygens (including phenoxy) is 2. The number of rotatable bonds is 16. The minimum Gasteiger partial charge on any atom is -0.379 e. The van der Waals surface area contributed by atoms with Crippen molar-refractivity contribution in [1.82, 2.24) is 0 Å². The highest BCUT2D eigenvalue weighted by Crippen LogP contribution is 2.66. The van der Waals surface area contributed by atoms with Gasteiger partial charge in [-0.3, -0.25) is 0 Å². The summed E-state index contributed by atoms with van der Waals surface area (Å²) < 4.78 is 273. The number of alkyl halides is 20. The Kier molecular flexibility index (Phi) is 10.3. The Balaban J connectivity index is 6.58. The van der Waals surface area contributed by atoms with Gasteiger partial charge in [0.1, 0.15) is 0 Å². The summed E-state index contributed by atoms with van der Waals surface area (Å²) in [6.45, 7) is -1.86. The van der Waals surface area contributed by atoms with Gasteiger partial charge in [-0.25, -0.2) is 0 Å². The summed E-state index contributed by atoms with van der Waals surface area (Å²) in [4.78, 5) is 0. The largest absolute Gasteiger partial charge is 0.426 e. The molecule has 0 aromatic heterocycles. The summed E-state index contributed by atoms with van der Waals surface area (Å²) in [7, 11) is 0. The van der Waals surface area contributed by atoms with Gasteiger partial charge in [-0.2, -0.15) is 87.8 Å². The molecule has 236 valence electrons. The third kappa shape index (κ3) is 5.54. The molecule has 3 nitrogen and oxygen atoms in total. The maximum Gasteiger partial charge on any atom is 0.426 e. The lowest BCUT2D eigenvalue weighted by Gasteiger charge is -2.44. The first-order valence-corrected chi connectivity index (χ1v) is 9.53. The summed E-state index contributed by atoms with van der Waals surface area (Å²) in [5, 5.41) is 7.53. The average Bonchev–Trinajstić information content (AvgIpc) is 2.74. The highest BCUT2D eigenvalue weighted by molar-refractivity contribution is 5.17. The molecule has 0 aromatic carbocycles. The Morgan fingerprint density at radius 2 is 0.744 bits per heavy atom. The molecule has 1 N–H and O–H groups in total. The average molecular weight is 634 g/mol. The predicted octanol–water partition coefficient (Wildman–Crippen LogP) is 7.08. The highest BCUT2D eigenvalue weighted by atomic mass is 19.4. The van der Waals surface area contributed by atoms with Crippen LogP contribution >= 0.6 is 0 Å². The van der Waals surface area contributed by atoms with Gasteiger partial charge in [0.05, 0.1) is 13.2 Å². The summed E-state index contributed by atoms with van der Waals surface area (Å²) in [5.74, 6) is -70.0. The SMILES string of the molecule is CCCCOCCOC(F)(F)C(F)(F)C(F)(F)C(F)(F)C(F)(F)C(F)(F)C(F)(F)C(F)(F)C(F)(F)C(O)(F)F. The first-order valence-electron chi connectivity index (χ1n) is 9.53. The molecule has 0 radical (unpaired) electrons. The number of hydrogen-bond acceptors (Lipinski definition) is 3. The molecule has 0 atom stereocenters. The summed E-state index contributed by atoms with van der Waals surface area (Å²) in [6.07, 6.45) is -14.0. The summed E-state index contributed by atoms with van der Waals surface area (Å²) in [5.41, 5.74) is 0. The van der Waals surface area contributed by atoms with E-state index >= 15 is 0 Å². The van der Waals surface area contributed by atoms with Crippen LogP contribution in [0.5, 0.6) is 0 Å². The zero-order chi connectivity index (χ0) is 31.9. The fraction of sp³-hybridized carbons (Fsp3) is 1.00. The van der Waals surface area contributed by atoms with Crippen LogP contribution in [0.3, 0.4) is 0 Å². The molecular formula is C16H14F20O3. The smallest absolute Gasteiger partial charge is 0.379 e. The molecule has 0 aliphatic carbocycles. The molecule has 0 spiro atoms. The van der Waals surface area contributed by atoms with Gasteiger partial charge in [0.2, 0.25) is 0 Å². The van der Waals surface area contributed by atoms with Crippen molar-refractivity contribution in [1.29, 1.82) is 0 Å². The minimum atomic E-state index is -9.13. The molecule has 39 heavy (non-hydrogen) atoms. The van der Waals surface area contributed by atoms with Gasteiger partial charge < -0.3 is 14.6 Å². The lowest BCUT2D eigenvalue weighted by molar-refractivity contribution is -0.487. The van der Waals surface area contributed by atoms with Crippen LogP contribution in [0.15, 0.2) is 0 Å². The Hall–Kier alpha value is -1.52. The van der Waals surface area contributed by atoms with Gasteiger partial charge in [-0.05, 0) is 6.42 Å². The second-order valence-corrected chi connectivity index (χ2v) is 7.47. The Morgan fingerprint density at radius 1 is 0.436 bits per heavy atom. The molecule has 0 saturated carbocycles. The second-order valence-electron chi connectivity index (χ2n) is 7.47. The topological polar surface area (TPSA) is 38.7 Å². The van der Waals surface area contributed by atoms with E-state index in [0.717, 1.165) is 0 Å². The maximum absolute atomic E-state index is 13.6. The van der Waals surface area contributed by atoms with Gasteiger partial charge in [0.25, 0.3) is 0 Å². The normalized spacial score (nSPS) is 16.2. The summed E-state index contributed by atoms with van der Waals surface area (Å²) in [6, 6.07) is 0. The first-order chi connectivity index (χ1) is 16.8. The van der Waals surface area contributed by atoms with Gasteiger partial charge in [-0.15, -0.1) is 0 Å². The molecule has 0 aliphatic rings. The van der Waals surface area contributed by atoms with E-state index in [9.17, 15) is 87.8 Å². The van der Waals surface area contributed by atoms with Crippen LogP contribution in [0.1, 0.15) is 19.8 Å². The molecule has 0 unspecified atom stereocenters. The lowest BCUT2D eigenvalue weighted by Crippen LogP contribution is -2.77. The Labute approximate surface area is 203 Å². The van der Waals surface area contributed by atoms with E-state index in [1.54, 1.807) is 6.92 Å². The zero-order valence-corrected chi connectivity index (χ0v) is 18.4. The fourth-order valence-electron chi connectivity index (χ4n) is 2.22. The summed E-state index contributed by atoms with van der Waals surface area (Å²) >= 11 is 0. The third-order valence-electron chi connectivity index (χ3n) is 4.66. The molecule has 0 bridgehead atoms. The van der Waals surface area contributed by atoms with Crippen molar-refractivity contribution >= 4 is 0 Å². The van der Waals surface area contributed by atoms with Crippen LogP contribution in [-0.4, -0.2) is 84.5 Å². The van der Waals surface area contributed by atoms with E-state index < -0.39 is 72.8 Å².